The first kappa shape index (κ1) is 15.7. The molecule has 1 aromatic heterocycles. The van der Waals surface area contributed by atoms with Crippen LogP contribution in [0.4, 0.5) is 0 Å². The summed E-state index contributed by atoms with van der Waals surface area (Å²) in [6, 6.07) is 16.7. The number of esters is 1. The van der Waals surface area contributed by atoms with Gasteiger partial charge >= 0.3 is 5.97 Å². The number of hydrogen-bond donors (Lipinski definition) is 1. The summed E-state index contributed by atoms with van der Waals surface area (Å²) in [5, 5.41) is 0.803. The number of aromatic nitrogens is 1. The Hall–Kier alpha value is -3.14. The standard InChI is InChI=1S/C20H17NO3/c1-2-24-20(23)17-13-15-9-6-10-16(19(15)21-17)18(22)12-11-14-7-4-3-5-8-14/h3-13,21H,2H2,1H3/b12-11+. The van der Waals surface area contributed by atoms with Gasteiger partial charge in [0.2, 0.25) is 0 Å². The molecule has 0 radical (unpaired) electrons. The number of carbonyl (C=O) groups is 2. The molecule has 0 fully saturated rings. The van der Waals surface area contributed by atoms with Gasteiger partial charge in [0.15, 0.2) is 5.78 Å². The Balaban J connectivity index is 1.92. The van der Waals surface area contributed by atoms with E-state index < -0.39 is 5.97 Å². The number of aromatic amines is 1. The van der Waals surface area contributed by atoms with Gasteiger partial charge < -0.3 is 9.72 Å². The van der Waals surface area contributed by atoms with E-state index in [2.05, 4.69) is 4.98 Å². The molecule has 0 unspecified atom stereocenters. The molecule has 0 amide bonds. The lowest BCUT2D eigenvalue weighted by Gasteiger charge is -1.99. The largest absolute Gasteiger partial charge is 0.461 e. The smallest absolute Gasteiger partial charge is 0.354 e. The minimum Gasteiger partial charge on any atom is -0.461 e. The highest BCUT2D eigenvalue weighted by molar-refractivity contribution is 6.14. The van der Waals surface area contributed by atoms with Crippen molar-refractivity contribution in [3.05, 3.63) is 77.5 Å². The van der Waals surface area contributed by atoms with Crippen LogP contribution in [0.15, 0.2) is 60.7 Å². The molecule has 0 aliphatic rings. The van der Waals surface area contributed by atoms with Crippen molar-refractivity contribution in [1.29, 1.82) is 0 Å². The molecule has 1 heterocycles. The van der Waals surface area contributed by atoms with Crippen LogP contribution in [0.1, 0.15) is 33.3 Å². The van der Waals surface area contributed by atoms with Crippen molar-refractivity contribution in [3.63, 3.8) is 0 Å². The van der Waals surface area contributed by atoms with Gasteiger partial charge in [0.25, 0.3) is 0 Å². The molecule has 3 aromatic rings. The average Bonchev–Trinajstić information content (AvgIpc) is 3.05. The number of hydrogen-bond acceptors (Lipinski definition) is 3. The Morgan fingerprint density at radius 2 is 1.88 bits per heavy atom. The molecular formula is C20H17NO3. The lowest BCUT2D eigenvalue weighted by Crippen LogP contribution is -2.04. The fourth-order valence-electron chi connectivity index (χ4n) is 2.51. The second kappa shape index (κ2) is 6.96. The molecule has 0 saturated heterocycles. The number of rotatable bonds is 5. The van der Waals surface area contributed by atoms with E-state index in [9.17, 15) is 9.59 Å². The number of ether oxygens (including phenoxy) is 1. The Bertz CT molecular complexity index is 907. The highest BCUT2D eigenvalue weighted by Crippen LogP contribution is 2.21. The molecular weight excluding hydrogens is 302 g/mol. The van der Waals surface area contributed by atoms with Gasteiger partial charge in [-0.1, -0.05) is 48.5 Å². The van der Waals surface area contributed by atoms with Crippen LogP contribution in [-0.2, 0) is 4.74 Å². The highest BCUT2D eigenvalue weighted by Gasteiger charge is 2.14. The van der Waals surface area contributed by atoms with E-state index in [1.54, 1.807) is 31.2 Å². The minimum absolute atomic E-state index is 0.123. The van der Waals surface area contributed by atoms with Gasteiger partial charge in [0.1, 0.15) is 5.69 Å². The number of fused-ring (bicyclic) bond motifs is 1. The number of ketones is 1. The van der Waals surface area contributed by atoms with Crippen LogP contribution in [0.25, 0.3) is 17.0 Å². The van der Waals surface area contributed by atoms with E-state index in [4.69, 9.17) is 4.74 Å². The van der Waals surface area contributed by atoms with Crippen LogP contribution in [0.3, 0.4) is 0 Å². The molecule has 0 bridgehead atoms. The first-order valence-corrected chi connectivity index (χ1v) is 7.75. The zero-order chi connectivity index (χ0) is 16.9. The molecule has 4 nitrogen and oxygen atoms in total. The van der Waals surface area contributed by atoms with Crippen molar-refractivity contribution in [1.82, 2.24) is 4.98 Å². The highest BCUT2D eigenvalue weighted by atomic mass is 16.5. The van der Waals surface area contributed by atoms with E-state index in [0.29, 0.717) is 23.4 Å². The molecule has 0 aliphatic carbocycles. The summed E-state index contributed by atoms with van der Waals surface area (Å²) >= 11 is 0. The summed E-state index contributed by atoms with van der Waals surface area (Å²) in [6.07, 6.45) is 3.31. The Morgan fingerprint density at radius 1 is 1.08 bits per heavy atom. The average molecular weight is 319 g/mol. The number of allylic oxidation sites excluding steroid dienone is 1. The number of para-hydroxylation sites is 1. The zero-order valence-corrected chi connectivity index (χ0v) is 13.3. The molecule has 120 valence electrons. The quantitative estimate of drug-likeness (QED) is 0.435. The molecule has 0 atom stereocenters. The molecule has 4 heteroatoms. The van der Waals surface area contributed by atoms with Crippen LogP contribution in [0, 0.1) is 0 Å². The fourth-order valence-corrected chi connectivity index (χ4v) is 2.51. The third-order valence-electron chi connectivity index (χ3n) is 3.64. The summed E-state index contributed by atoms with van der Waals surface area (Å²) in [4.78, 5) is 27.4. The van der Waals surface area contributed by atoms with Crippen molar-refractivity contribution in [3.8, 4) is 0 Å². The third-order valence-corrected chi connectivity index (χ3v) is 3.64. The minimum atomic E-state index is -0.424. The van der Waals surface area contributed by atoms with Gasteiger partial charge in [-0.05, 0) is 30.7 Å². The normalized spacial score (nSPS) is 11.0. The summed E-state index contributed by atoms with van der Waals surface area (Å²) in [5.74, 6) is -0.548. The topological polar surface area (TPSA) is 59.2 Å². The van der Waals surface area contributed by atoms with Crippen molar-refractivity contribution >= 4 is 28.7 Å². The first-order chi connectivity index (χ1) is 11.7. The fraction of sp³-hybridized carbons (Fsp3) is 0.100. The lowest BCUT2D eigenvalue weighted by atomic mass is 10.1. The van der Waals surface area contributed by atoms with Crippen LogP contribution in [0.5, 0.6) is 0 Å². The maximum atomic E-state index is 12.5. The van der Waals surface area contributed by atoms with E-state index in [1.165, 1.54) is 6.08 Å². The van der Waals surface area contributed by atoms with Crippen molar-refractivity contribution < 1.29 is 14.3 Å². The summed E-state index contributed by atoms with van der Waals surface area (Å²) < 4.78 is 4.99. The van der Waals surface area contributed by atoms with E-state index in [0.717, 1.165) is 10.9 Å². The summed E-state index contributed by atoms with van der Waals surface area (Å²) in [5.41, 5.74) is 2.47. The second-order valence-corrected chi connectivity index (χ2v) is 5.28. The number of H-pyrrole nitrogens is 1. The van der Waals surface area contributed by atoms with Gasteiger partial charge in [0, 0.05) is 10.9 Å². The molecule has 2 aromatic carbocycles. The molecule has 0 spiro atoms. The Morgan fingerprint density at radius 3 is 2.62 bits per heavy atom. The molecule has 0 saturated carbocycles. The molecule has 24 heavy (non-hydrogen) atoms. The Labute approximate surface area is 139 Å². The van der Waals surface area contributed by atoms with Gasteiger partial charge in [0.05, 0.1) is 12.1 Å². The molecule has 1 N–H and O–H groups in total. The maximum absolute atomic E-state index is 12.5. The molecule has 3 rings (SSSR count). The van der Waals surface area contributed by atoms with Gasteiger partial charge in [-0.2, -0.15) is 0 Å². The predicted octanol–water partition coefficient (Wildman–Crippen LogP) is 4.24. The predicted molar refractivity (Wildman–Crippen MR) is 94.1 cm³/mol. The van der Waals surface area contributed by atoms with Crippen LogP contribution < -0.4 is 0 Å². The van der Waals surface area contributed by atoms with Gasteiger partial charge in [-0.15, -0.1) is 0 Å². The maximum Gasteiger partial charge on any atom is 0.354 e. The molecule has 0 aliphatic heterocycles. The summed E-state index contributed by atoms with van der Waals surface area (Å²) in [6.45, 7) is 2.06. The van der Waals surface area contributed by atoms with Crippen molar-refractivity contribution in [2.45, 2.75) is 6.92 Å². The van der Waals surface area contributed by atoms with Gasteiger partial charge in [-0.25, -0.2) is 4.79 Å². The number of nitrogens with one attached hydrogen (secondary N) is 1. The van der Waals surface area contributed by atoms with E-state index in [1.807, 2.05) is 36.4 Å². The zero-order valence-electron chi connectivity index (χ0n) is 13.3. The summed E-state index contributed by atoms with van der Waals surface area (Å²) in [7, 11) is 0. The third kappa shape index (κ3) is 3.27. The van der Waals surface area contributed by atoms with Crippen LogP contribution in [-0.4, -0.2) is 23.3 Å². The first-order valence-electron chi connectivity index (χ1n) is 7.75. The number of carbonyl (C=O) groups excluding carboxylic acids is 2. The van der Waals surface area contributed by atoms with E-state index >= 15 is 0 Å². The monoisotopic (exact) mass is 319 g/mol. The number of benzene rings is 2. The van der Waals surface area contributed by atoms with Crippen molar-refractivity contribution in [2.75, 3.05) is 6.61 Å². The SMILES string of the molecule is CCOC(=O)c1cc2cccc(C(=O)/C=C/c3ccccc3)c2[nH]1. The lowest BCUT2D eigenvalue weighted by molar-refractivity contribution is 0.0520. The van der Waals surface area contributed by atoms with Crippen molar-refractivity contribution in [2.24, 2.45) is 0 Å². The Kier molecular flexibility index (Phi) is 4.57. The van der Waals surface area contributed by atoms with Crippen LogP contribution in [0.2, 0.25) is 0 Å². The second-order valence-electron chi connectivity index (χ2n) is 5.28. The van der Waals surface area contributed by atoms with Crippen LogP contribution >= 0.6 is 0 Å². The van der Waals surface area contributed by atoms with Gasteiger partial charge in [-0.3, -0.25) is 4.79 Å². The van der Waals surface area contributed by atoms with E-state index in [-0.39, 0.29) is 5.78 Å².